The number of rotatable bonds is 4. The molecule has 0 atom stereocenters. The molecule has 2 rings (SSSR count). The van der Waals surface area contributed by atoms with Crippen molar-refractivity contribution < 1.29 is 9.18 Å². The second-order valence-electron chi connectivity index (χ2n) is 3.84. The zero-order chi connectivity index (χ0) is 14.4. The number of hydrazone groups is 1. The van der Waals surface area contributed by atoms with E-state index in [4.69, 9.17) is 0 Å². The molecule has 0 aromatic heterocycles. The van der Waals surface area contributed by atoms with Crippen LogP contribution >= 0.6 is 15.9 Å². The van der Waals surface area contributed by atoms with Gasteiger partial charge in [0.1, 0.15) is 5.82 Å². The van der Waals surface area contributed by atoms with E-state index >= 15 is 0 Å². The molecule has 20 heavy (non-hydrogen) atoms. The van der Waals surface area contributed by atoms with Gasteiger partial charge in [-0.3, -0.25) is 10.2 Å². The van der Waals surface area contributed by atoms with E-state index in [2.05, 4.69) is 31.8 Å². The zero-order valence-corrected chi connectivity index (χ0v) is 11.9. The lowest BCUT2D eigenvalue weighted by Gasteiger charge is -2.04. The Morgan fingerprint density at radius 1 is 1.00 bits per heavy atom. The van der Waals surface area contributed by atoms with E-state index in [0.29, 0.717) is 11.4 Å². The third kappa shape index (κ3) is 4.17. The topological polar surface area (TPSA) is 53.5 Å². The maximum absolute atomic E-state index is 12.7. The molecule has 0 saturated carbocycles. The fraction of sp³-hybridized carbons (Fsp3) is 0. The predicted octanol–water partition coefficient (Wildman–Crippen LogP) is 3.58. The van der Waals surface area contributed by atoms with E-state index < -0.39 is 0 Å². The van der Waals surface area contributed by atoms with Crippen molar-refractivity contribution in [2.24, 2.45) is 5.10 Å². The molecule has 2 aromatic carbocycles. The Morgan fingerprint density at radius 3 is 2.30 bits per heavy atom. The zero-order valence-electron chi connectivity index (χ0n) is 10.3. The highest BCUT2D eigenvalue weighted by Crippen LogP contribution is 2.09. The van der Waals surface area contributed by atoms with Gasteiger partial charge >= 0.3 is 0 Å². The summed E-state index contributed by atoms with van der Waals surface area (Å²) in [5.74, 6) is -0.716. The lowest BCUT2D eigenvalue weighted by molar-refractivity contribution is -0.110. The van der Waals surface area contributed by atoms with Crippen LogP contribution in [0.3, 0.4) is 0 Å². The first-order valence-corrected chi connectivity index (χ1v) is 6.55. The molecule has 4 nitrogen and oxygen atoms in total. The number of hydrogen-bond acceptors (Lipinski definition) is 3. The Morgan fingerprint density at radius 2 is 1.65 bits per heavy atom. The van der Waals surface area contributed by atoms with Gasteiger partial charge in [-0.25, -0.2) is 4.39 Å². The number of nitrogens with zero attached hydrogens (tertiary/aromatic N) is 1. The molecule has 0 aliphatic carbocycles. The summed E-state index contributed by atoms with van der Waals surface area (Å²) in [7, 11) is 0. The molecule has 0 heterocycles. The minimum Gasteiger partial charge on any atom is -0.320 e. The molecule has 0 bridgehead atoms. The third-order valence-corrected chi connectivity index (χ3v) is 2.88. The summed E-state index contributed by atoms with van der Waals surface area (Å²) in [4.78, 5) is 11.8. The molecule has 0 fully saturated rings. The number of amides is 1. The lowest BCUT2D eigenvalue weighted by Crippen LogP contribution is -2.19. The van der Waals surface area contributed by atoms with Gasteiger partial charge in [-0.05, 0) is 52.3 Å². The summed E-state index contributed by atoms with van der Waals surface area (Å²) in [6.07, 6.45) is 0. The first-order valence-electron chi connectivity index (χ1n) is 5.76. The van der Waals surface area contributed by atoms with Crippen LogP contribution in [-0.2, 0) is 4.79 Å². The summed E-state index contributed by atoms with van der Waals surface area (Å²) < 4.78 is 12.8. The average molecular weight is 336 g/mol. The van der Waals surface area contributed by atoms with Crippen molar-refractivity contribution in [1.29, 1.82) is 0 Å². The second kappa shape index (κ2) is 6.81. The van der Waals surface area contributed by atoms with Crippen molar-refractivity contribution in [3.05, 3.63) is 60.4 Å². The number of para-hydroxylation sites is 1. The maximum Gasteiger partial charge on any atom is 0.283 e. The molecule has 0 radical (unpaired) electrons. The van der Waals surface area contributed by atoms with E-state index in [1.807, 2.05) is 18.2 Å². The van der Waals surface area contributed by atoms with Crippen molar-refractivity contribution in [3.8, 4) is 0 Å². The van der Waals surface area contributed by atoms with E-state index in [9.17, 15) is 9.18 Å². The number of carbonyl (C=O) groups excluding carboxylic acids is 1. The number of carbonyl (C=O) groups is 1. The normalized spacial score (nSPS) is 11.0. The third-order valence-electron chi connectivity index (χ3n) is 2.35. The molecule has 2 N–H and O–H groups in total. The first kappa shape index (κ1) is 14.2. The summed E-state index contributed by atoms with van der Waals surface area (Å²) in [6, 6.07) is 14.7. The second-order valence-corrected chi connectivity index (χ2v) is 4.59. The molecule has 0 aliphatic rings. The van der Waals surface area contributed by atoms with Crippen LogP contribution in [0.2, 0.25) is 0 Å². The van der Waals surface area contributed by atoms with Gasteiger partial charge in [-0.15, -0.1) is 0 Å². The fourth-order valence-corrected chi connectivity index (χ4v) is 1.58. The van der Waals surface area contributed by atoms with Crippen molar-refractivity contribution in [1.82, 2.24) is 0 Å². The highest BCUT2D eigenvalue weighted by Gasteiger charge is 2.08. The van der Waals surface area contributed by atoms with Gasteiger partial charge in [0, 0.05) is 5.69 Å². The van der Waals surface area contributed by atoms with Gasteiger partial charge in [-0.1, -0.05) is 18.2 Å². The number of hydrogen-bond donors (Lipinski definition) is 2. The maximum atomic E-state index is 12.7. The van der Waals surface area contributed by atoms with E-state index in [1.165, 1.54) is 24.3 Å². The quantitative estimate of drug-likeness (QED) is 0.662. The predicted molar refractivity (Wildman–Crippen MR) is 81.5 cm³/mol. The summed E-state index contributed by atoms with van der Waals surface area (Å²) in [5, 5.41) is 6.54. The van der Waals surface area contributed by atoms with Crippen molar-refractivity contribution in [3.63, 3.8) is 0 Å². The Labute approximate surface area is 123 Å². The molecule has 1 amide bonds. The summed E-state index contributed by atoms with van der Waals surface area (Å²) >= 11 is 3.07. The van der Waals surface area contributed by atoms with Crippen LogP contribution < -0.4 is 10.7 Å². The van der Waals surface area contributed by atoms with Crippen LogP contribution in [0.15, 0.2) is 59.7 Å². The Balaban J connectivity index is 1.96. The molecule has 0 saturated heterocycles. The standard InChI is InChI=1S/C14H11BrFN3O/c15-13(14(20)17-11-4-2-1-3-5-11)19-18-12-8-6-10(16)7-9-12/h1-9,18H,(H,17,20). The number of anilines is 2. The molecular weight excluding hydrogens is 325 g/mol. The largest absolute Gasteiger partial charge is 0.320 e. The molecule has 0 aliphatic heterocycles. The summed E-state index contributed by atoms with van der Waals surface area (Å²) in [5.41, 5.74) is 3.90. The summed E-state index contributed by atoms with van der Waals surface area (Å²) in [6.45, 7) is 0. The van der Waals surface area contributed by atoms with E-state index in [-0.39, 0.29) is 16.3 Å². The molecule has 102 valence electrons. The van der Waals surface area contributed by atoms with Crippen LogP contribution in [0.1, 0.15) is 0 Å². The van der Waals surface area contributed by atoms with Gasteiger partial charge < -0.3 is 5.32 Å². The lowest BCUT2D eigenvalue weighted by atomic mass is 10.3. The van der Waals surface area contributed by atoms with Crippen LogP contribution in [0.5, 0.6) is 0 Å². The molecular formula is C14H11BrFN3O. The SMILES string of the molecule is O=C(Nc1ccccc1)C(Br)=NNc1ccc(F)cc1. The van der Waals surface area contributed by atoms with Crippen LogP contribution in [0.4, 0.5) is 15.8 Å². The van der Waals surface area contributed by atoms with E-state index in [0.717, 1.165) is 0 Å². The fourth-order valence-electron chi connectivity index (χ4n) is 1.39. The monoisotopic (exact) mass is 335 g/mol. The van der Waals surface area contributed by atoms with Crippen LogP contribution in [0.25, 0.3) is 0 Å². The smallest absolute Gasteiger partial charge is 0.283 e. The number of benzene rings is 2. The van der Waals surface area contributed by atoms with Gasteiger partial charge in [0.2, 0.25) is 0 Å². The number of nitrogens with one attached hydrogen (secondary N) is 2. The van der Waals surface area contributed by atoms with Crippen LogP contribution in [-0.4, -0.2) is 10.5 Å². The molecule has 0 unspecified atom stereocenters. The van der Waals surface area contributed by atoms with Crippen molar-refractivity contribution in [2.45, 2.75) is 0 Å². The van der Waals surface area contributed by atoms with Crippen molar-refractivity contribution >= 4 is 37.8 Å². The van der Waals surface area contributed by atoms with E-state index in [1.54, 1.807) is 12.1 Å². The van der Waals surface area contributed by atoms with Crippen molar-refractivity contribution in [2.75, 3.05) is 10.7 Å². The van der Waals surface area contributed by atoms with Gasteiger partial charge in [0.05, 0.1) is 5.69 Å². The molecule has 2 aromatic rings. The van der Waals surface area contributed by atoms with Crippen LogP contribution in [0, 0.1) is 5.82 Å². The highest BCUT2D eigenvalue weighted by molar-refractivity contribution is 9.19. The average Bonchev–Trinajstić information content (AvgIpc) is 2.47. The minimum atomic E-state index is -0.384. The minimum absolute atomic E-state index is 0.0886. The van der Waals surface area contributed by atoms with Gasteiger partial charge in [-0.2, -0.15) is 5.10 Å². The Kier molecular flexibility index (Phi) is 4.84. The molecule has 6 heteroatoms. The van der Waals surface area contributed by atoms with Gasteiger partial charge in [0.15, 0.2) is 4.62 Å². The Hall–Kier alpha value is -2.21. The number of halogens is 2. The highest BCUT2D eigenvalue weighted by atomic mass is 79.9. The molecule has 0 spiro atoms. The Bertz CT molecular complexity index is 614. The van der Waals surface area contributed by atoms with Gasteiger partial charge in [0.25, 0.3) is 5.91 Å². The first-order chi connectivity index (χ1) is 9.65.